The van der Waals surface area contributed by atoms with E-state index in [1.54, 1.807) is 12.1 Å². The average molecular weight is 366 g/mol. The highest BCUT2D eigenvalue weighted by Gasteiger charge is 2.30. The first kappa shape index (κ1) is 17.2. The van der Waals surface area contributed by atoms with Gasteiger partial charge in [0.2, 0.25) is 0 Å². The van der Waals surface area contributed by atoms with Crippen molar-refractivity contribution in [3.63, 3.8) is 0 Å². The molecule has 0 saturated carbocycles. The van der Waals surface area contributed by atoms with Gasteiger partial charge in [0.05, 0.1) is 22.4 Å². The van der Waals surface area contributed by atoms with Gasteiger partial charge in [0.25, 0.3) is 5.91 Å². The number of aromatic nitrogens is 1. The van der Waals surface area contributed by atoms with Crippen molar-refractivity contribution in [3.05, 3.63) is 53.6 Å². The zero-order chi connectivity index (χ0) is 18.0. The van der Waals surface area contributed by atoms with E-state index in [1.807, 2.05) is 13.0 Å². The van der Waals surface area contributed by atoms with Crippen molar-refractivity contribution < 1.29 is 22.7 Å². The first-order chi connectivity index (χ1) is 11.9. The summed E-state index contributed by atoms with van der Waals surface area (Å²) in [6.07, 6.45) is -4.43. The van der Waals surface area contributed by atoms with E-state index in [0.29, 0.717) is 23.0 Å². The predicted molar refractivity (Wildman–Crippen MR) is 90.2 cm³/mol. The lowest BCUT2D eigenvalue weighted by Crippen LogP contribution is -2.12. The number of nitrogens with one attached hydrogen (secondary N) is 1. The van der Waals surface area contributed by atoms with Gasteiger partial charge in [-0.3, -0.25) is 10.1 Å². The van der Waals surface area contributed by atoms with Crippen LogP contribution in [0.1, 0.15) is 22.8 Å². The third-order valence-electron chi connectivity index (χ3n) is 3.37. The van der Waals surface area contributed by atoms with Gasteiger partial charge in [-0.25, -0.2) is 4.98 Å². The van der Waals surface area contributed by atoms with Gasteiger partial charge in [0, 0.05) is 5.56 Å². The number of halogens is 3. The summed E-state index contributed by atoms with van der Waals surface area (Å²) in [4.78, 5) is 16.5. The summed E-state index contributed by atoms with van der Waals surface area (Å²) in [6, 6.07) is 9.42. The van der Waals surface area contributed by atoms with E-state index in [9.17, 15) is 18.0 Å². The van der Waals surface area contributed by atoms with E-state index in [-0.39, 0.29) is 5.56 Å². The fourth-order valence-corrected chi connectivity index (χ4v) is 3.08. The number of fused-ring (bicyclic) bond motifs is 1. The molecule has 0 aliphatic carbocycles. The molecule has 8 heteroatoms. The first-order valence-corrected chi connectivity index (χ1v) is 8.20. The zero-order valence-corrected chi connectivity index (χ0v) is 13.9. The molecule has 2 aromatic carbocycles. The lowest BCUT2D eigenvalue weighted by atomic mass is 10.1. The smallest absolute Gasteiger partial charge is 0.416 e. The predicted octanol–water partition coefficient (Wildman–Crippen LogP) is 4.97. The number of anilines is 1. The Hall–Kier alpha value is -2.61. The minimum absolute atomic E-state index is 0.127. The van der Waals surface area contributed by atoms with E-state index in [1.165, 1.54) is 11.3 Å². The summed E-state index contributed by atoms with van der Waals surface area (Å²) >= 11 is 1.26. The molecule has 0 saturated heterocycles. The van der Waals surface area contributed by atoms with Crippen molar-refractivity contribution in [2.24, 2.45) is 0 Å². The van der Waals surface area contributed by atoms with Crippen LogP contribution in [-0.2, 0) is 6.18 Å². The van der Waals surface area contributed by atoms with E-state index < -0.39 is 17.6 Å². The Balaban J connectivity index is 1.77. The van der Waals surface area contributed by atoms with Gasteiger partial charge in [-0.05, 0) is 49.4 Å². The van der Waals surface area contributed by atoms with Gasteiger partial charge >= 0.3 is 6.18 Å². The van der Waals surface area contributed by atoms with Crippen LogP contribution in [0, 0.1) is 0 Å². The topological polar surface area (TPSA) is 51.2 Å². The first-order valence-electron chi connectivity index (χ1n) is 7.39. The summed E-state index contributed by atoms with van der Waals surface area (Å²) < 4.78 is 43.9. The van der Waals surface area contributed by atoms with Gasteiger partial charge in [-0.1, -0.05) is 11.3 Å². The number of ether oxygens (including phenoxy) is 1. The molecule has 0 radical (unpaired) electrons. The highest BCUT2D eigenvalue weighted by Crippen LogP contribution is 2.31. The number of benzene rings is 2. The molecular formula is C17H13F3N2O2S. The molecular weight excluding hydrogens is 353 g/mol. The van der Waals surface area contributed by atoms with Crippen molar-refractivity contribution in [1.29, 1.82) is 0 Å². The molecule has 25 heavy (non-hydrogen) atoms. The van der Waals surface area contributed by atoms with Crippen molar-refractivity contribution in [2.45, 2.75) is 13.1 Å². The number of thiazole rings is 1. The van der Waals surface area contributed by atoms with Crippen molar-refractivity contribution >= 4 is 32.6 Å². The fourth-order valence-electron chi connectivity index (χ4n) is 2.19. The molecule has 1 heterocycles. The van der Waals surface area contributed by atoms with Gasteiger partial charge in [0.1, 0.15) is 5.75 Å². The second kappa shape index (κ2) is 6.72. The lowest BCUT2D eigenvalue weighted by Gasteiger charge is -2.07. The molecule has 0 atom stereocenters. The highest BCUT2D eigenvalue weighted by molar-refractivity contribution is 7.22. The molecule has 0 fully saturated rings. The van der Waals surface area contributed by atoms with Gasteiger partial charge < -0.3 is 4.74 Å². The molecule has 1 N–H and O–H groups in total. The van der Waals surface area contributed by atoms with E-state index >= 15 is 0 Å². The molecule has 0 aliphatic rings. The van der Waals surface area contributed by atoms with Gasteiger partial charge in [0.15, 0.2) is 5.13 Å². The Bertz CT molecular complexity index is 904. The lowest BCUT2D eigenvalue weighted by molar-refractivity contribution is -0.137. The van der Waals surface area contributed by atoms with Crippen LogP contribution in [0.2, 0.25) is 0 Å². The van der Waals surface area contributed by atoms with E-state index in [4.69, 9.17) is 4.74 Å². The molecule has 0 aliphatic heterocycles. The van der Waals surface area contributed by atoms with Crippen molar-refractivity contribution in [1.82, 2.24) is 4.98 Å². The van der Waals surface area contributed by atoms with E-state index in [2.05, 4.69) is 10.3 Å². The number of rotatable bonds is 4. The SMILES string of the molecule is CCOc1ccc2nc(NC(=O)c3ccc(C(F)(F)F)cc3)sc2c1. The summed E-state index contributed by atoms with van der Waals surface area (Å²) in [6.45, 7) is 2.43. The second-order valence-corrected chi connectivity index (χ2v) is 6.14. The Morgan fingerprint density at radius 3 is 2.56 bits per heavy atom. The maximum Gasteiger partial charge on any atom is 0.416 e. The van der Waals surface area contributed by atoms with Crippen LogP contribution in [0.4, 0.5) is 18.3 Å². The Kier molecular flexibility index (Phi) is 4.63. The molecule has 0 unspecified atom stereocenters. The number of hydrogen-bond acceptors (Lipinski definition) is 4. The largest absolute Gasteiger partial charge is 0.494 e. The third kappa shape index (κ3) is 3.90. The van der Waals surface area contributed by atoms with Crippen LogP contribution in [0.15, 0.2) is 42.5 Å². The van der Waals surface area contributed by atoms with Crippen molar-refractivity contribution in [2.75, 3.05) is 11.9 Å². The number of amides is 1. The molecule has 3 aromatic rings. The normalized spacial score (nSPS) is 11.5. The quantitative estimate of drug-likeness (QED) is 0.710. The fraction of sp³-hybridized carbons (Fsp3) is 0.176. The Morgan fingerprint density at radius 1 is 1.20 bits per heavy atom. The number of carbonyl (C=O) groups is 1. The van der Waals surface area contributed by atoms with Crippen LogP contribution < -0.4 is 10.1 Å². The molecule has 4 nitrogen and oxygen atoms in total. The monoisotopic (exact) mass is 366 g/mol. The van der Waals surface area contributed by atoms with Gasteiger partial charge in [-0.2, -0.15) is 13.2 Å². The maximum atomic E-state index is 12.6. The van der Waals surface area contributed by atoms with Gasteiger partial charge in [-0.15, -0.1) is 0 Å². The number of hydrogen-bond donors (Lipinski definition) is 1. The van der Waals surface area contributed by atoms with Crippen LogP contribution in [0.3, 0.4) is 0 Å². The maximum absolute atomic E-state index is 12.6. The average Bonchev–Trinajstić information content (AvgIpc) is 2.96. The molecule has 1 amide bonds. The Morgan fingerprint density at radius 2 is 1.92 bits per heavy atom. The second-order valence-electron chi connectivity index (χ2n) is 5.11. The molecule has 1 aromatic heterocycles. The number of nitrogens with zero attached hydrogens (tertiary/aromatic N) is 1. The summed E-state index contributed by atoms with van der Waals surface area (Å²) in [7, 11) is 0. The third-order valence-corrected chi connectivity index (χ3v) is 4.30. The van der Waals surface area contributed by atoms with E-state index in [0.717, 1.165) is 29.0 Å². The standard InChI is InChI=1S/C17H13F3N2O2S/c1-2-24-12-7-8-13-14(9-12)25-16(21-13)22-15(23)10-3-5-11(6-4-10)17(18,19)20/h3-9H,2H2,1H3,(H,21,22,23). The number of alkyl halides is 3. The highest BCUT2D eigenvalue weighted by atomic mass is 32.1. The van der Waals surface area contributed by atoms with Crippen molar-refractivity contribution in [3.8, 4) is 5.75 Å². The van der Waals surface area contributed by atoms with Crippen LogP contribution in [-0.4, -0.2) is 17.5 Å². The molecule has 0 bridgehead atoms. The number of carbonyl (C=O) groups excluding carboxylic acids is 1. The minimum Gasteiger partial charge on any atom is -0.494 e. The van der Waals surface area contributed by atoms with Crippen LogP contribution in [0.5, 0.6) is 5.75 Å². The van der Waals surface area contributed by atoms with Crippen LogP contribution >= 0.6 is 11.3 Å². The summed E-state index contributed by atoms with van der Waals surface area (Å²) in [5, 5.41) is 2.97. The van der Waals surface area contributed by atoms with Crippen LogP contribution in [0.25, 0.3) is 10.2 Å². The molecule has 0 spiro atoms. The minimum atomic E-state index is -4.43. The summed E-state index contributed by atoms with van der Waals surface area (Å²) in [5.41, 5.74) is 0.0333. The molecule has 130 valence electrons. The zero-order valence-electron chi connectivity index (χ0n) is 13.1. The Labute approximate surface area is 145 Å². The molecule has 3 rings (SSSR count). The summed E-state index contributed by atoms with van der Waals surface area (Å²) in [5.74, 6) is 0.192.